The third-order valence-electron chi connectivity index (χ3n) is 7.20. The van der Waals surface area contributed by atoms with E-state index in [-0.39, 0.29) is 17.9 Å². The molecule has 7 nitrogen and oxygen atoms in total. The van der Waals surface area contributed by atoms with Crippen molar-refractivity contribution in [2.24, 2.45) is 0 Å². The van der Waals surface area contributed by atoms with Crippen LogP contribution in [0.4, 0.5) is 13.2 Å². The molecule has 43 heavy (non-hydrogen) atoms. The molecule has 0 aliphatic carbocycles. The van der Waals surface area contributed by atoms with Gasteiger partial charge in [-0.2, -0.15) is 13.2 Å². The summed E-state index contributed by atoms with van der Waals surface area (Å²) < 4.78 is 42.1. The summed E-state index contributed by atoms with van der Waals surface area (Å²) in [6.07, 6.45) is -3.65. The fraction of sp³-hybridized carbons (Fsp3) is 0.290. The van der Waals surface area contributed by atoms with Gasteiger partial charge in [0.2, 0.25) is 5.91 Å². The minimum atomic E-state index is -4.49. The van der Waals surface area contributed by atoms with Crippen LogP contribution in [0.3, 0.4) is 0 Å². The Morgan fingerprint density at radius 2 is 1.72 bits per heavy atom. The number of alkyl halides is 3. The van der Waals surface area contributed by atoms with Crippen molar-refractivity contribution in [3.8, 4) is 17.1 Å². The van der Waals surface area contributed by atoms with E-state index in [1.54, 1.807) is 44.7 Å². The molecule has 2 heterocycles. The molecule has 1 unspecified atom stereocenters. The van der Waals surface area contributed by atoms with Gasteiger partial charge >= 0.3 is 6.18 Å². The van der Waals surface area contributed by atoms with E-state index in [0.29, 0.717) is 65.5 Å². The molecule has 0 bridgehead atoms. The van der Waals surface area contributed by atoms with Crippen molar-refractivity contribution in [1.29, 1.82) is 0 Å². The Hall–Kier alpha value is -3.83. The first kappa shape index (κ1) is 30.6. The average molecular weight is 628 g/mol. The lowest BCUT2D eigenvalue weighted by atomic mass is 10.1. The molecule has 12 heteroatoms. The molecule has 1 aromatic heterocycles. The van der Waals surface area contributed by atoms with Gasteiger partial charge in [0, 0.05) is 54.0 Å². The van der Waals surface area contributed by atoms with Gasteiger partial charge < -0.3 is 9.80 Å². The first-order valence-corrected chi connectivity index (χ1v) is 15.1. The first-order chi connectivity index (χ1) is 20.6. The highest BCUT2D eigenvalue weighted by atomic mass is 35.5. The number of halogens is 4. The van der Waals surface area contributed by atoms with Gasteiger partial charge in [0.1, 0.15) is 0 Å². The van der Waals surface area contributed by atoms with Gasteiger partial charge in [-0.3, -0.25) is 14.2 Å². The van der Waals surface area contributed by atoms with Crippen LogP contribution in [0.15, 0.2) is 84.0 Å². The fourth-order valence-corrected chi connectivity index (χ4v) is 6.00. The first-order valence-electron chi connectivity index (χ1n) is 13.8. The monoisotopic (exact) mass is 627 g/mol. The number of aromatic nitrogens is 3. The van der Waals surface area contributed by atoms with Crippen molar-refractivity contribution in [1.82, 2.24) is 24.6 Å². The topological polar surface area (TPSA) is 71.3 Å². The van der Waals surface area contributed by atoms with E-state index in [4.69, 9.17) is 11.6 Å². The summed E-state index contributed by atoms with van der Waals surface area (Å²) in [5, 5.41) is 9.58. The molecule has 224 valence electrons. The zero-order valence-electron chi connectivity index (χ0n) is 23.3. The van der Waals surface area contributed by atoms with Crippen LogP contribution in [0.25, 0.3) is 17.1 Å². The van der Waals surface area contributed by atoms with Crippen molar-refractivity contribution in [3.63, 3.8) is 0 Å². The predicted octanol–water partition coefficient (Wildman–Crippen LogP) is 6.85. The van der Waals surface area contributed by atoms with Crippen LogP contribution in [-0.2, 0) is 11.0 Å². The largest absolute Gasteiger partial charge is 0.416 e. The maximum absolute atomic E-state index is 13.5. The summed E-state index contributed by atoms with van der Waals surface area (Å²) in [4.78, 5) is 29.5. The highest BCUT2D eigenvalue weighted by Crippen LogP contribution is 2.33. The van der Waals surface area contributed by atoms with Gasteiger partial charge in [0.25, 0.3) is 5.91 Å². The maximum atomic E-state index is 13.5. The molecule has 3 aromatic carbocycles. The van der Waals surface area contributed by atoms with Crippen molar-refractivity contribution in [2.45, 2.75) is 37.1 Å². The van der Waals surface area contributed by atoms with Crippen molar-refractivity contribution >= 4 is 35.2 Å². The van der Waals surface area contributed by atoms with Crippen LogP contribution < -0.4 is 0 Å². The zero-order chi connectivity index (χ0) is 30.6. The van der Waals surface area contributed by atoms with Crippen LogP contribution in [-0.4, -0.2) is 67.8 Å². The molecule has 0 radical (unpaired) electrons. The van der Waals surface area contributed by atoms with E-state index < -0.39 is 11.7 Å². The van der Waals surface area contributed by atoms with Crippen LogP contribution in [0.1, 0.15) is 35.7 Å². The van der Waals surface area contributed by atoms with Gasteiger partial charge in [-0.25, -0.2) is 0 Å². The number of hydrogen-bond donors (Lipinski definition) is 0. The van der Waals surface area contributed by atoms with Gasteiger partial charge in [-0.1, -0.05) is 59.8 Å². The second-order valence-electron chi connectivity index (χ2n) is 10.2. The second-order valence-corrected chi connectivity index (χ2v) is 11.7. The van der Waals surface area contributed by atoms with Gasteiger partial charge in [0.15, 0.2) is 11.0 Å². The normalized spacial score (nSPS) is 15.5. The summed E-state index contributed by atoms with van der Waals surface area (Å²) in [5.74, 6) is 0.851. The van der Waals surface area contributed by atoms with E-state index in [1.807, 2.05) is 37.3 Å². The summed E-state index contributed by atoms with van der Waals surface area (Å²) in [6, 6.07) is 20.8. The highest BCUT2D eigenvalue weighted by molar-refractivity contribution is 7.99. The molecule has 1 aliphatic heterocycles. The molecule has 1 fully saturated rings. The minimum Gasteiger partial charge on any atom is -0.339 e. The van der Waals surface area contributed by atoms with E-state index in [2.05, 4.69) is 10.2 Å². The summed E-state index contributed by atoms with van der Waals surface area (Å²) in [7, 11) is 0. The number of amides is 2. The molecule has 0 N–H and O–H groups in total. The Morgan fingerprint density at radius 3 is 2.42 bits per heavy atom. The number of thioether (sulfide) groups is 1. The number of benzene rings is 3. The standard InChI is InChI=1S/C31H29ClF3N5O2S/c1-21-20-38(16-17-39(21)29(42)23-12-14-25(32)15-13-23)27(41)11-6-18-43-30-37-36-28(22-7-3-2-4-8-22)40(30)26-10-5-9-24(19-26)31(33,34)35/h2-5,7-10,12-15,19,21H,6,11,16-18,20H2,1H3. The van der Waals surface area contributed by atoms with E-state index in [9.17, 15) is 22.8 Å². The zero-order valence-corrected chi connectivity index (χ0v) is 24.9. The third-order valence-corrected chi connectivity index (χ3v) is 8.46. The quantitative estimate of drug-likeness (QED) is 0.158. The fourth-order valence-electron chi connectivity index (χ4n) is 4.98. The van der Waals surface area contributed by atoms with Gasteiger partial charge in [-0.05, 0) is 55.8 Å². The SMILES string of the molecule is CC1CN(C(=O)CCCSc2nnc(-c3ccccc3)n2-c2cccc(C(F)(F)F)c2)CCN1C(=O)c1ccc(Cl)cc1. The predicted molar refractivity (Wildman–Crippen MR) is 160 cm³/mol. The minimum absolute atomic E-state index is 0.00429. The van der Waals surface area contributed by atoms with E-state index in [0.717, 1.165) is 17.7 Å². The maximum Gasteiger partial charge on any atom is 0.416 e. The number of hydrogen-bond acceptors (Lipinski definition) is 5. The van der Waals surface area contributed by atoms with Gasteiger partial charge in [0.05, 0.1) is 11.3 Å². The molecule has 0 saturated carbocycles. The van der Waals surface area contributed by atoms with Crippen LogP contribution in [0.2, 0.25) is 5.02 Å². The number of nitrogens with zero attached hydrogens (tertiary/aromatic N) is 5. The highest BCUT2D eigenvalue weighted by Gasteiger charge is 2.32. The van der Waals surface area contributed by atoms with Crippen molar-refractivity contribution in [2.75, 3.05) is 25.4 Å². The average Bonchev–Trinajstić information content (AvgIpc) is 3.43. The summed E-state index contributed by atoms with van der Waals surface area (Å²) in [6.45, 7) is 3.25. The number of carbonyl (C=O) groups is 2. The molecular formula is C31H29ClF3N5O2S. The van der Waals surface area contributed by atoms with Crippen LogP contribution in [0.5, 0.6) is 0 Å². The van der Waals surface area contributed by atoms with Crippen molar-refractivity contribution in [3.05, 3.63) is 95.0 Å². The molecule has 4 aromatic rings. The van der Waals surface area contributed by atoms with Gasteiger partial charge in [-0.15, -0.1) is 10.2 Å². The van der Waals surface area contributed by atoms with Crippen LogP contribution in [0, 0.1) is 0 Å². The Kier molecular flexibility index (Phi) is 9.41. The third kappa shape index (κ3) is 7.22. The number of rotatable bonds is 8. The molecule has 0 spiro atoms. The number of carbonyl (C=O) groups excluding carboxylic acids is 2. The molecule has 1 aliphatic rings. The molecular weight excluding hydrogens is 599 g/mol. The molecule has 2 amide bonds. The van der Waals surface area contributed by atoms with E-state index >= 15 is 0 Å². The summed E-state index contributed by atoms with van der Waals surface area (Å²) in [5.41, 5.74) is 0.819. The molecule has 1 saturated heterocycles. The van der Waals surface area contributed by atoms with Crippen molar-refractivity contribution < 1.29 is 22.8 Å². The second kappa shape index (κ2) is 13.2. The lowest BCUT2D eigenvalue weighted by Gasteiger charge is -2.40. The Bertz CT molecular complexity index is 1580. The summed E-state index contributed by atoms with van der Waals surface area (Å²) >= 11 is 7.28. The smallest absolute Gasteiger partial charge is 0.339 e. The van der Waals surface area contributed by atoms with Crippen LogP contribution >= 0.6 is 23.4 Å². The lowest BCUT2D eigenvalue weighted by Crippen LogP contribution is -2.55. The lowest BCUT2D eigenvalue weighted by molar-refractivity contribution is -0.137. The molecule has 1 atom stereocenters. The Morgan fingerprint density at radius 1 is 0.977 bits per heavy atom. The van der Waals surface area contributed by atoms with E-state index in [1.165, 1.54) is 17.8 Å². The number of piperazine rings is 1. The Balaban J connectivity index is 1.21. The Labute approximate surface area is 256 Å². The molecule has 5 rings (SSSR count).